The highest BCUT2D eigenvalue weighted by molar-refractivity contribution is 5.38. The lowest BCUT2D eigenvalue weighted by atomic mass is 10.0. The Morgan fingerprint density at radius 1 is 1.31 bits per heavy atom. The first kappa shape index (κ1) is 8.57. The van der Waals surface area contributed by atoms with Crippen LogP contribution in [-0.4, -0.2) is 11.7 Å². The maximum absolute atomic E-state index is 9.29. The molecule has 13 heavy (non-hydrogen) atoms. The zero-order chi connectivity index (χ0) is 9.26. The van der Waals surface area contributed by atoms with E-state index in [0.717, 1.165) is 25.8 Å². The monoisotopic (exact) mass is 177 g/mol. The molecule has 2 nitrogen and oxygen atoms in total. The number of hydrogen-bond acceptors (Lipinski definition) is 2. The highest BCUT2D eigenvalue weighted by Crippen LogP contribution is 2.30. The quantitative estimate of drug-likeness (QED) is 0.718. The molecule has 0 radical (unpaired) electrons. The van der Waals surface area contributed by atoms with Gasteiger partial charge in [0.1, 0.15) is 5.75 Å². The van der Waals surface area contributed by atoms with E-state index in [1.165, 1.54) is 11.1 Å². The fraction of sp³-hybridized carbons (Fsp3) is 0.455. The van der Waals surface area contributed by atoms with Crippen molar-refractivity contribution in [3.05, 3.63) is 29.3 Å². The van der Waals surface area contributed by atoms with Crippen molar-refractivity contribution < 1.29 is 5.11 Å². The highest BCUT2D eigenvalue weighted by atomic mass is 16.3. The summed E-state index contributed by atoms with van der Waals surface area (Å²) >= 11 is 0. The molecule has 1 aliphatic carbocycles. The Bertz CT molecular complexity index is 309. The van der Waals surface area contributed by atoms with E-state index in [4.69, 9.17) is 5.73 Å². The van der Waals surface area contributed by atoms with Crippen molar-refractivity contribution in [1.82, 2.24) is 0 Å². The van der Waals surface area contributed by atoms with Crippen molar-refractivity contribution in [3.63, 3.8) is 0 Å². The predicted octanol–water partition coefficient (Wildman–Crippen LogP) is 1.46. The second kappa shape index (κ2) is 3.38. The van der Waals surface area contributed by atoms with Crippen LogP contribution in [0.25, 0.3) is 0 Å². The van der Waals surface area contributed by atoms with Gasteiger partial charge in [0, 0.05) is 0 Å². The van der Waals surface area contributed by atoms with Crippen LogP contribution in [0.5, 0.6) is 5.75 Å². The lowest BCUT2D eigenvalue weighted by Gasteiger charge is -2.04. The standard InChI is InChI=1S/C11H15NO/c12-4-3-8-5-9-1-2-11(13)7-10(9)6-8/h1-2,7-8,13H,3-6,12H2. The molecule has 0 saturated carbocycles. The summed E-state index contributed by atoms with van der Waals surface area (Å²) in [7, 11) is 0. The van der Waals surface area contributed by atoms with Crippen LogP contribution in [0.15, 0.2) is 18.2 Å². The van der Waals surface area contributed by atoms with Crippen LogP contribution < -0.4 is 5.73 Å². The van der Waals surface area contributed by atoms with Crippen LogP contribution in [0.4, 0.5) is 0 Å². The average molecular weight is 177 g/mol. The van der Waals surface area contributed by atoms with Gasteiger partial charge in [0.25, 0.3) is 0 Å². The van der Waals surface area contributed by atoms with E-state index in [-0.39, 0.29) is 0 Å². The zero-order valence-corrected chi connectivity index (χ0v) is 7.66. The molecule has 0 aromatic heterocycles. The molecule has 3 N–H and O–H groups in total. The van der Waals surface area contributed by atoms with Crippen LogP contribution in [0, 0.1) is 5.92 Å². The number of benzene rings is 1. The van der Waals surface area contributed by atoms with Gasteiger partial charge in [-0.05, 0) is 55.0 Å². The molecule has 2 heteroatoms. The van der Waals surface area contributed by atoms with Crippen molar-refractivity contribution in [2.24, 2.45) is 11.7 Å². The van der Waals surface area contributed by atoms with Gasteiger partial charge in [-0.1, -0.05) is 6.07 Å². The average Bonchev–Trinajstić information content (AvgIpc) is 2.46. The van der Waals surface area contributed by atoms with Crippen molar-refractivity contribution in [1.29, 1.82) is 0 Å². The Balaban J connectivity index is 2.16. The fourth-order valence-corrected chi connectivity index (χ4v) is 2.14. The Labute approximate surface area is 78.4 Å². The first-order valence-corrected chi connectivity index (χ1v) is 4.80. The van der Waals surface area contributed by atoms with Crippen molar-refractivity contribution in [3.8, 4) is 5.75 Å². The Morgan fingerprint density at radius 2 is 2.08 bits per heavy atom. The first-order valence-electron chi connectivity index (χ1n) is 4.80. The number of aromatic hydroxyl groups is 1. The Kier molecular flexibility index (Phi) is 2.23. The van der Waals surface area contributed by atoms with Crippen LogP contribution in [0.3, 0.4) is 0 Å². The fourth-order valence-electron chi connectivity index (χ4n) is 2.14. The molecule has 1 atom stereocenters. The summed E-state index contributed by atoms with van der Waals surface area (Å²) in [4.78, 5) is 0. The molecular weight excluding hydrogens is 162 g/mol. The van der Waals surface area contributed by atoms with Gasteiger partial charge >= 0.3 is 0 Å². The second-order valence-corrected chi connectivity index (χ2v) is 3.80. The summed E-state index contributed by atoms with van der Waals surface area (Å²) in [5.74, 6) is 1.08. The molecular formula is C11H15NO. The topological polar surface area (TPSA) is 46.2 Å². The van der Waals surface area contributed by atoms with E-state index in [1.807, 2.05) is 12.1 Å². The third-order valence-corrected chi connectivity index (χ3v) is 2.78. The highest BCUT2D eigenvalue weighted by Gasteiger charge is 2.20. The summed E-state index contributed by atoms with van der Waals surface area (Å²) in [5.41, 5.74) is 8.21. The third-order valence-electron chi connectivity index (χ3n) is 2.78. The molecule has 2 rings (SSSR count). The van der Waals surface area contributed by atoms with Crippen molar-refractivity contribution in [2.45, 2.75) is 19.3 Å². The van der Waals surface area contributed by atoms with E-state index in [0.29, 0.717) is 11.7 Å². The van der Waals surface area contributed by atoms with E-state index in [9.17, 15) is 5.11 Å². The molecule has 1 aromatic rings. The van der Waals surface area contributed by atoms with Gasteiger partial charge in [-0.3, -0.25) is 0 Å². The zero-order valence-electron chi connectivity index (χ0n) is 7.66. The van der Waals surface area contributed by atoms with Gasteiger partial charge in [0.15, 0.2) is 0 Å². The minimum absolute atomic E-state index is 0.382. The van der Waals surface area contributed by atoms with Crippen LogP contribution in [-0.2, 0) is 12.8 Å². The van der Waals surface area contributed by atoms with Gasteiger partial charge in [-0.15, -0.1) is 0 Å². The third kappa shape index (κ3) is 1.68. The number of rotatable bonds is 2. The van der Waals surface area contributed by atoms with Gasteiger partial charge in [-0.2, -0.15) is 0 Å². The SMILES string of the molecule is NCCC1Cc2ccc(O)cc2C1. The maximum Gasteiger partial charge on any atom is 0.115 e. The lowest BCUT2D eigenvalue weighted by molar-refractivity contribution is 0.474. The largest absolute Gasteiger partial charge is 0.508 e. The Hall–Kier alpha value is -1.02. The first-order chi connectivity index (χ1) is 6.29. The second-order valence-electron chi connectivity index (χ2n) is 3.80. The minimum Gasteiger partial charge on any atom is -0.508 e. The molecule has 0 bridgehead atoms. The molecule has 0 amide bonds. The lowest BCUT2D eigenvalue weighted by Crippen LogP contribution is -2.08. The molecule has 0 saturated heterocycles. The van der Waals surface area contributed by atoms with Gasteiger partial charge < -0.3 is 10.8 Å². The normalized spacial score (nSPS) is 20.2. The number of phenols is 1. The smallest absolute Gasteiger partial charge is 0.115 e. The van der Waals surface area contributed by atoms with Crippen LogP contribution >= 0.6 is 0 Å². The summed E-state index contributed by atoms with van der Waals surface area (Å²) in [6.07, 6.45) is 3.31. The number of phenolic OH excluding ortho intramolecular Hbond substituents is 1. The van der Waals surface area contributed by atoms with E-state index in [2.05, 4.69) is 0 Å². The van der Waals surface area contributed by atoms with Crippen LogP contribution in [0.1, 0.15) is 17.5 Å². The Morgan fingerprint density at radius 3 is 2.85 bits per heavy atom. The number of fused-ring (bicyclic) bond motifs is 1. The molecule has 70 valence electrons. The van der Waals surface area contributed by atoms with Crippen molar-refractivity contribution in [2.75, 3.05) is 6.54 Å². The molecule has 0 heterocycles. The number of nitrogens with two attached hydrogens (primary N) is 1. The summed E-state index contributed by atoms with van der Waals surface area (Å²) < 4.78 is 0. The van der Waals surface area contributed by atoms with E-state index >= 15 is 0 Å². The van der Waals surface area contributed by atoms with Crippen molar-refractivity contribution >= 4 is 0 Å². The molecule has 1 aromatic carbocycles. The summed E-state index contributed by atoms with van der Waals surface area (Å²) in [6.45, 7) is 0.768. The minimum atomic E-state index is 0.382. The van der Waals surface area contributed by atoms with E-state index < -0.39 is 0 Å². The molecule has 1 aliphatic rings. The maximum atomic E-state index is 9.29. The van der Waals surface area contributed by atoms with Gasteiger partial charge in [0.2, 0.25) is 0 Å². The number of hydrogen-bond donors (Lipinski definition) is 2. The van der Waals surface area contributed by atoms with Gasteiger partial charge in [-0.25, -0.2) is 0 Å². The molecule has 0 aliphatic heterocycles. The van der Waals surface area contributed by atoms with E-state index in [1.54, 1.807) is 6.07 Å². The molecule has 0 fully saturated rings. The van der Waals surface area contributed by atoms with Gasteiger partial charge in [0.05, 0.1) is 0 Å². The predicted molar refractivity (Wildman–Crippen MR) is 52.7 cm³/mol. The summed E-state index contributed by atoms with van der Waals surface area (Å²) in [5, 5.41) is 9.29. The molecule has 0 spiro atoms. The summed E-state index contributed by atoms with van der Waals surface area (Å²) in [6, 6.07) is 5.68. The van der Waals surface area contributed by atoms with Crippen LogP contribution in [0.2, 0.25) is 0 Å². The molecule has 1 unspecified atom stereocenters.